The SMILES string of the molecule is CC(C)CN1C(N)=NCC1c1cccc(C2CC2)c1. The fourth-order valence-electron chi connectivity index (χ4n) is 2.87. The van der Waals surface area contributed by atoms with Gasteiger partial charge in [0.25, 0.3) is 0 Å². The van der Waals surface area contributed by atoms with Crippen LogP contribution in [0.1, 0.15) is 49.8 Å². The van der Waals surface area contributed by atoms with Gasteiger partial charge >= 0.3 is 0 Å². The van der Waals surface area contributed by atoms with Crippen molar-refractivity contribution in [2.45, 2.75) is 38.6 Å². The first-order valence-corrected chi connectivity index (χ1v) is 7.31. The molecule has 0 bridgehead atoms. The summed E-state index contributed by atoms with van der Waals surface area (Å²) in [5.74, 6) is 2.11. The smallest absolute Gasteiger partial charge is 0.191 e. The van der Waals surface area contributed by atoms with Crippen molar-refractivity contribution in [2.24, 2.45) is 16.6 Å². The third-order valence-electron chi connectivity index (χ3n) is 4.00. The molecule has 1 aliphatic heterocycles. The van der Waals surface area contributed by atoms with Crippen LogP contribution in [-0.4, -0.2) is 23.9 Å². The zero-order valence-corrected chi connectivity index (χ0v) is 11.8. The van der Waals surface area contributed by atoms with Gasteiger partial charge < -0.3 is 10.6 Å². The lowest BCUT2D eigenvalue weighted by molar-refractivity contribution is 0.309. The van der Waals surface area contributed by atoms with Gasteiger partial charge in [-0.3, -0.25) is 4.99 Å². The molecule has 1 fully saturated rings. The third-order valence-corrected chi connectivity index (χ3v) is 4.00. The van der Waals surface area contributed by atoms with E-state index >= 15 is 0 Å². The van der Waals surface area contributed by atoms with Crippen LogP contribution in [0.15, 0.2) is 29.3 Å². The number of aliphatic imine (C=N–C) groups is 1. The maximum atomic E-state index is 6.04. The Morgan fingerprint density at radius 2 is 2.05 bits per heavy atom. The van der Waals surface area contributed by atoms with Crippen LogP contribution in [0.3, 0.4) is 0 Å². The molecule has 2 aliphatic rings. The average Bonchev–Trinajstić information content (AvgIpc) is 3.17. The fraction of sp³-hybridized carbons (Fsp3) is 0.562. The van der Waals surface area contributed by atoms with Gasteiger partial charge in [0.15, 0.2) is 5.96 Å². The average molecular weight is 257 g/mol. The minimum Gasteiger partial charge on any atom is -0.370 e. The van der Waals surface area contributed by atoms with E-state index in [1.165, 1.54) is 24.0 Å². The second-order valence-electron chi connectivity index (χ2n) is 6.21. The Kier molecular flexibility index (Phi) is 3.21. The standard InChI is InChI=1S/C16H23N3/c1-11(2)10-19-15(9-18-16(19)17)14-5-3-4-13(8-14)12-6-7-12/h3-5,8,11-12,15H,6-7,9-10H2,1-2H3,(H2,17,18). The number of benzene rings is 1. The van der Waals surface area contributed by atoms with E-state index in [0.29, 0.717) is 17.9 Å². The van der Waals surface area contributed by atoms with Crippen molar-refractivity contribution in [3.63, 3.8) is 0 Å². The molecular weight excluding hydrogens is 234 g/mol. The highest BCUT2D eigenvalue weighted by molar-refractivity contribution is 5.80. The Hall–Kier alpha value is -1.51. The van der Waals surface area contributed by atoms with Gasteiger partial charge in [0, 0.05) is 6.54 Å². The summed E-state index contributed by atoms with van der Waals surface area (Å²) in [5.41, 5.74) is 8.90. The van der Waals surface area contributed by atoms with Crippen molar-refractivity contribution in [3.05, 3.63) is 35.4 Å². The molecule has 102 valence electrons. The van der Waals surface area contributed by atoms with Crippen LogP contribution in [0.4, 0.5) is 0 Å². The molecule has 1 saturated carbocycles. The van der Waals surface area contributed by atoms with E-state index in [4.69, 9.17) is 5.73 Å². The van der Waals surface area contributed by atoms with Crippen molar-refractivity contribution < 1.29 is 0 Å². The molecule has 0 radical (unpaired) electrons. The molecule has 0 saturated heterocycles. The van der Waals surface area contributed by atoms with Crippen molar-refractivity contribution >= 4 is 5.96 Å². The molecule has 0 aromatic heterocycles. The van der Waals surface area contributed by atoms with E-state index in [1.807, 2.05) is 0 Å². The summed E-state index contributed by atoms with van der Waals surface area (Å²) < 4.78 is 0. The molecule has 1 aromatic carbocycles. The molecule has 19 heavy (non-hydrogen) atoms. The second-order valence-corrected chi connectivity index (χ2v) is 6.21. The Morgan fingerprint density at radius 3 is 2.74 bits per heavy atom. The maximum absolute atomic E-state index is 6.04. The van der Waals surface area contributed by atoms with Crippen LogP contribution in [-0.2, 0) is 0 Å². The molecule has 2 N–H and O–H groups in total. The largest absolute Gasteiger partial charge is 0.370 e. The Morgan fingerprint density at radius 1 is 1.32 bits per heavy atom. The number of rotatable bonds is 4. The summed E-state index contributed by atoms with van der Waals surface area (Å²) in [5, 5.41) is 0. The fourth-order valence-corrected chi connectivity index (χ4v) is 2.87. The maximum Gasteiger partial charge on any atom is 0.191 e. The quantitative estimate of drug-likeness (QED) is 0.901. The minimum atomic E-state index is 0.334. The van der Waals surface area contributed by atoms with Gasteiger partial charge in [-0.2, -0.15) is 0 Å². The number of hydrogen-bond acceptors (Lipinski definition) is 3. The zero-order chi connectivity index (χ0) is 13.4. The number of nitrogens with zero attached hydrogens (tertiary/aromatic N) is 2. The number of guanidine groups is 1. The highest BCUT2D eigenvalue weighted by Gasteiger charge is 2.29. The summed E-state index contributed by atoms with van der Waals surface area (Å²) in [6, 6.07) is 9.36. The van der Waals surface area contributed by atoms with E-state index in [2.05, 4.69) is 48.0 Å². The summed E-state index contributed by atoms with van der Waals surface area (Å²) in [6.45, 7) is 6.23. The van der Waals surface area contributed by atoms with Crippen molar-refractivity contribution in [2.75, 3.05) is 13.1 Å². The summed E-state index contributed by atoms with van der Waals surface area (Å²) in [7, 11) is 0. The van der Waals surface area contributed by atoms with E-state index < -0.39 is 0 Å². The van der Waals surface area contributed by atoms with Crippen LogP contribution in [0, 0.1) is 5.92 Å². The van der Waals surface area contributed by atoms with E-state index in [1.54, 1.807) is 0 Å². The predicted octanol–water partition coefficient (Wildman–Crippen LogP) is 2.89. The van der Waals surface area contributed by atoms with Gasteiger partial charge in [-0.25, -0.2) is 0 Å². The third kappa shape index (κ3) is 2.60. The van der Waals surface area contributed by atoms with Crippen LogP contribution in [0.2, 0.25) is 0 Å². The van der Waals surface area contributed by atoms with E-state index in [0.717, 1.165) is 19.0 Å². The van der Waals surface area contributed by atoms with Gasteiger partial charge in [0.2, 0.25) is 0 Å². The Bertz CT molecular complexity index is 489. The Balaban J connectivity index is 1.82. The first-order valence-electron chi connectivity index (χ1n) is 7.31. The summed E-state index contributed by atoms with van der Waals surface area (Å²) >= 11 is 0. The highest BCUT2D eigenvalue weighted by atomic mass is 15.3. The lowest BCUT2D eigenvalue weighted by atomic mass is 10.0. The second kappa shape index (κ2) is 4.87. The van der Waals surface area contributed by atoms with Crippen LogP contribution >= 0.6 is 0 Å². The molecule has 3 heteroatoms. The van der Waals surface area contributed by atoms with Gasteiger partial charge in [-0.05, 0) is 35.8 Å². The van der Waals surface area contributed by atoms with Crippen molar-refractivity contribution in [3.8, 4) is 0 Å². The molecule has 3 rings (SSSR count). The molecular formula is C16H23N3. The molecule has 1 aromatic rings. The number of nitrogens with two attached hydrogens (primary N) is 1. The molecule has 0 amide bonds. The monoisotopic (exact) mass is 257 g/mol. The van der Waals surface area contributed by atoms with Gasteiger partial charge in [-0.1, -0.05) is 38.1 Å². The first kappa shape index (κ1) is 12.5. The van der Waals surface area contributed by atoms with Crippen molar-refractivity contribution in [1.82, 2.24) is 4.90 Å². The van der Waals surface area contributed by atoms with Gasteiger partial charge in [-0.15, -0.1) is 0 Å². The molecule has 0 spiro atoms. The molecule has 1 heterocycles. The lowest BCUT2D eigenvalue weighted by Gasteiger charge is -2.28. The van der Waals surface area contributed by atoms with Crippen molar-refractivity contribution in [1.29, 1.82) is 0 Å². The zero-order valence-electron chi connectivity index (χ0n) is 11.8. The number of hydrogen-bond donors (Lipinski definition) is 1. The predicted molar refractivity (Wildman–Crippen MR) is 79.2 cm³/mol. The molecule has 3 nitrogen and oxygen atoms in total. The van der Waals surface area contributed by atoms with Crippen LogP contribution in [0.25, 0.3) is 0 Å². The molecule has 1 unspecified atom stereocenters. The highest BCUT2D eigenvalue weighted by Crippen LogP contribution is 2.41. The topological polar surface area (TPSA) is 41.6 Å². The minimum absolute atomic E-state index is 0.334. The summed E-state index contributed by atoms with van der Waals surface area (Å²) in [6.07, 6.45) is 2.70. The summed E-state index contributed by atoms with van der Waals surface area (Å²) in [4.78, 5) is 6.70. The van der Waals surface area contributed by atoms with Crippen LogP contribution in [0.5, 0.6) is 0 Å². The normalized spacial score (nSPS) is 23.0. The molecule has 1 aliphatic carbocycles. The van der Waals surface area contributed by atoms with Gasteiger partial charge in [0.05, 0.1) is 12.6 Å². The van der Waals surface area contributed by atoms with E-state index in [-0.39, 0.29) is 0 Å². The molecule has 1 atom stereocenters. The van der Waals surface area contributed by atoms with Crippen LogP contribution < -0.4 is 5.73 Å². The van der Waals surface area contributed by atoms with E-state index in [9.17, 15) is 0 Å². The Labute approximate surface area is 115 Å². The lowest BCUT2D eigenvalue weighted by Crippen LogP contribution is -2.38. The first-order chi connectivity index (χ1) is 9.15. The van der Waals surface area contributed by atoms with Gasteiger partial charge in [0.1, 0.15) is 0 Å².